The van der Waals surface area contributed by atoms with E-state index in [0.717, 1.165) is 5.92 Å². The number of anilines is 1. The molecule has 3 rings (SSSR count). The van der Waals surface area contributed by atoms with E-state index in [4.69, 9.17) is 0 Å². The molecule has 2 nitrogen and oxygen atoms in total. The zero-order valence-corrected chi connectivity index (χ0v) is 11.6. The third-order valence-corrected chi connectivity index (χ3v) is 4.46. The quantitative estimate of drug-likeness (QED) is 0.864. The molecule has 1 aliphatic rings. The van der Waals surface area contributed by atoms with Gasteiger partial charge in [-0.2, -0.15) is 0 Å². The molecule has 1 saturated carbocycles. The van der Waals surface area contributed by atoms with E-state index in [1.54, 1.807) is 0 Å². The van der Waals surface area contributed by atoms with Gasteiger partial charge in [-0.05, 0) is 43.7 Å². The number of pyridine rings is 1. The molecule has 19 heavy (non-hydrogen) atoms. The fourth-order valence-electron chi connectivity index (χ4n) is 3.18. The lowest BCUT2D eigenvalue weighted by Gasteiger charge is -2.29. The first-order chi connectivity index (χ1) is 9.36. The van der Waals surface area contributed by atoms with Gasteiger partial charge in [0.2, 0.25) is 0 Å². The van der Waals surface area contributed by atoms with Crippen LogP contribution in [0.4, 0.5) is 5.69 Å². The van der Waals surface area contributed by atoms with Gasteiger partial charge in [0.25, 0.3) is 0 Å². The van der Waals surface area contributed by atoms with Gasteiger partial charge in [-0.25, -0.2) is 0 Å². The van der Waals surface area contributed by atoms with Crippen LogP contribution >= 0.6 is 0 Å². The summed E-state index contributed by atoms with van der Waals surface area (Å²) in [6.45, 7) is 2.32. The second-order valence-electron chi connectivity index (χ2n) is 5.67. The number of fused-ring (bicyclic) bond motifs is 1. The minimum absolute atomic E-state index is 0.640. The van der Waals surface area contributed by atoms with E-state index in [9.17, 15) is 0 Å². The summed E-state index contributed by atoms with van der Waals surface area (Å²) in [5.41, 5.74) is 1.26. The van der Waals surface area contributed by atoms with Gasteiger partial charge in [0.15, 0.2) is 0 Å². The Bertz CT molecular complexity index is 536. The Hall–Kier alpha value is -1.57. The van der Waals surface area contributed by atoms with E-state index in [1.807, 2.05) is 12.4 Å². The van der Waals surface area contributed by atoms with Gasteiger partial charge in [0, 0.05) is 34.9 Å². The maximum atomic E-state index is 4.19. The molecule has 0 amide bonds. The zero-order valence-electron chi connectivity index (χ0n) is 11.6. The Morgan fingerprint density at radius 2 is 2.00 bits per heavy atom. The molecule has 1 aliphatic carbocycles. The lowest BCUT2D eigenvalue weighted by Crippen LogP contribution is -2.25. The molecular weight excluding hydrogens is 232 g/mol. The Labute approximate surface area is 115 Å². The Morgan fingerprint density at radius 1 is 1.16 bits per heavy atom. The first-order valence-electron chi connectivity index (χ1n) is 7.46. The predicted octanol–water partition coefficient (Wildman–Crippen LogP) is 4.62. The summed E-state index contributed by atoms with van der Waals surface area (Å²) in [5.74, 6) is 0.953. The summed E-state index contributed by atoms with van der Waals surface area (Å²) in [5, 5.41) is 6.25. The van der Waals surface area contributed by atoms with Crippen molar-refractivity contribution in [1.82, 2.24) is 4.98 Å². The van der Waals surface area contributed by atoms with Crippen LogP contribution in [-0.4, -0.2) is 11.0 Å². The molecule has 0 unspecified atom stereocenters. The van der Waals surface area contributed by atoms with Gasteiger partial charge in [0.05, 0.1) is 0 Å². The number of aromatic nitrogens is 1. The summed E-state index contributed by atoms with van der Waals surface area (Å²) < 4.78 is 0. The summed E-state index contributed by atoms with van der Waals surface area (Å²) in [4.78, 5) is 4.19. The van der Waals surface area contributed by atoms with Gasteiger partial charge in [0.1, 0.15) is 0 Å². The molecule has 2 heteroatoms. The van der Waals surface area contributed by atoms with Gasteiger partial charge in [-0.1, -0.05) is 25.5 Å². The van der Waals surface area contributed by atoms with Gasteiger partial charge < -0.3 is 5.32 Å². The highest BCUT2D eigenvalue weighted by Gasteiger charge is 2.20. The first-order valence-corrected chi connectivity index (χ1v) is 7.46. The van der Waals surface area contributed by atoms with Crippen molar-refractivity contribution in [2.75, 3.05) is 5.32 Å². The van der Waals surface area contributed by atoms with E-state index in [2.05, 4.69) is 41.5 Å². The molecule has 100 valence electrons. The van der Waals surface area contributed by atoms with E-state index >= 15 is 0 Å². The number of hydrogen-bond donors (Lipinski definition) is 1. The highest BCUT2D eigenvalue weighted by Crippen LogP contribution is 2.30. The molecule has 0 bridgehead atoms. The Morgan fingerprint density at radius 3 is 2.79 bits per heavy atom. The summed E-state index contributed by atoms with van der Waals surface area (Å²) >= 11 is 0. The highest BCUT2D eigenvalue weighted by atomic mass is 14.9. The zero-order chi connectivity index (χ0) is 13.1. The molecule has 1 aromatic carbocycles. The van der Waals surface area contributed by atoms with Crippen LogP contribution in [0.1, 0.15) is 39.0 Å². The van der Waals surface area contributed by atoms with Crippen molar-refractivity contribution in [3.63, 3.8) is 0 Å². The minimum atomic E-state index is 0.640. The fourth-order valence-corrected chi connectivity index (χ4v) is 3.18. The van der Waals surface area contributed by atoms with Crippen molar-refractivity contribution >= 4 is 16.5 Å². The number of benzene rings is 1. The van der Waals surface area contributed by atoms with E-state index in [-0.39, 0.29) is 0 Å². The summed E-state index contributed by atoms with van der Waals surface area (Å²) in [7, 11) is 0. The molecule has 1 fully saturated rings. The van der Waals surface area contributed by atoms with Crippen LogP contribution in [-0.2, 0) is 0 Å². The fraction of sp³-hybridized carbons (Fsp3) is 0.471. The Kier molecular flexibility index (Phi) is 3.67. The number of nitrogens with zero attached hydrogens (tertiary/aromatic N) is 1. The smallest absolute Gasteiger partial charge is 0.0423 e. The van der Waals surface area contributed by atoms with E-state index in [1.165, 1.54) is 48.6 Å². The molecule has 0 atom stereocenters. The molecule has 0 aliphatic heterocycles. The van der Waals surface area contributed by atoms with Crippen LogP contribution in [0.3, 0.4) is 0 Å². The standard InChI is InChI=1S/C17H22N2/c1-2-13-6-8-15(9-7-13)19-17-5-3-4-14-12-18-11-10-16(14)17/h3-5,10-13,15,19H,2,6-9H2,1H3. The SMILES string of the molecule is CCC1CCC(Nc2cccc3cnccc23)CC1. The van der Waals surface area contributed by atoms with Crippen molar-refractivity contribution in [2.24, 2.45) is 5.92 Å². The Balaban J connectivity index is 1.75. The predicted molar refractivity (Wildman–Crippen MR) is 81.4 cm³/mol. The van der Waals surface area contributed by atoms with E-state index in [0.29, 0.717) is 6.04 Å². The molecule has 0 radical (unpaired) electrons. The maximum absolute atomic E-state index is 4.19. The van der Waals surface area contributed by atoms with Crippen molar-refractivity contribution in [1.29, 1.82) is 0 Å². The highest BCUT2D eigenvalue weighted by molar-refractivity contribution is 5.93. The summed E-state index contributed by atoms with van der Waals surface area (Å²) in [6.07, 6.45) is 10.5. The van der Waals surface area contributed by atoms with Crippen LogP contribution in [0.5, 0.6) is 0 Å². The molecule has 1 heterocycles. The van der Waals surface area contributed by atoms with Crippen LogP contribution in [0.2, 0.25) is 0 Å². The summed E-state index contributed by atoms with van der Waals surface area (Å²) in [6, 6.07) is 9.18. The number of nitrogens with one attached hydrogen (secondary N) is 1. The average Bonchev–Trinajstić information content (AvgIpc) is 2.48. The third-order valence-electron chi connectivity index (χ3n) is 4.46. The number of rotatable bonds is 3. The lowest BCUT2D eigenvalue weighted by atomic mass is 9.84. The van der Waals surface area contributed by atoms with E-state index < -0.39 is 0 Å². The molecule has 1 N–H and O–H groups in total. The number of hydrogen-bond acceptors (Lipinski definition) is 2. The first kappa shape index (κ1) is 12.5. The lowest BCUT2D eigenvalue weighted by molar-refractivity contribution is 0.330. The molecule has 1 aromatic heterocycles. The van der Waals surface area contributed by atoms with Crippen molar-refractivity contribution in [2.45, 2.75) is 45.1 Å². The molecule has 0 saturated heterocycles. The third kappa shape index (κ3) is 2.73. The maximum Gasteiger partial charge on any atom is 0.0423 e. The molecule has 2 aromatic rings. The van der Waals surface area contributed by atoms with Crippen molar-refractivity contribution in [3.8, 4) is 0 Å². The van der Waals surface area contributed by atoms with Crippen molar-refractivity contribution < 1.29 is 0 Å². The van der Waals surface area contributed by atoms with Gasteiger partial charge in [-0.3, -0.25) is 4.98 Å². The topological polar surface area (TPSA) is 24.9 Å². The minimum Gasteiger partial charge on any atom is -0.382 e. The second-order valence-corrected chi connectivity index (χ2v) is 5.67. The van der Waals surface area contributed by atoms with Gasteiger partial charge >= 0.3 is 0 Å². The van der Waals surface area contributed by atoms with Crippen LogP contribution in [0.25, 0.3) is 10.8 Å². The van der Waals surface area contributed by atoms with Crippen LogP contribution in [0.15, 0.2) is 36.7 Å². The van der Waals surface area contributed by atoms with Crippen LogP contribution < -0.4 is 5.32 Å². The molecular formula is C17H22N2. The molecule has 0 spiro atoms. The normalized spacial score (nSPS) is 23.4. The van der Waals surface area contributed by atoms with Crippen LogP contribution in [0, 0.1) is 5.92 Å². The largest absolute Gasteiger partial charge is 0.382 e. The van der Waals surface area contributed by atoms with Gasteiger partial charge in [-0.15, -0.1) is 0 Å². The second kappa shape index (κ2) is 5.60. The average molecular weight is 254 g/mol. The monoisotopic (exact) mass is 254 g/mol. The van der Waals surface area contributed by atoms with Crippen molar-refractivity contribution in [3.05, 3.63) is 36.7 Å².